The Morgan fingerprint density at radius 3 is 2.70 bits per heavy atom. The van der Waals surface area contributed by atoms with Gasteiger partial charge in [0.15, 0.2) is 0 Å². The molecule has 1 saturated heterocycles. The number of aryl methyl sites for hydroxylation is 1. The number of fused-ring (bicyclic) bond motifs is 4. The zero-order valence-corrected chi connectivity index (χ0v) is 13.7. The Bertz CT molecular complexity index is 704. The molecule has 0 unspecified atom stereocenters. The van der Waals surface area contributed by atoms with Crippen LogP contribution in [-0.4, -0.2) is 17.8 Å². The van der Waals surface area contributed by atoms with E-state index in [0.29, 0.717) is 6.10 Å². The lowest BCUT2D eigenvalue weighted by molar-refractivity contribution is -0.0652. The van der Waals surface area contributed by atoms with Gasteiger partial charge in [-0.25, -0.2) is 0 Å². The van der Waals surface area contributed by atoms with Gasteiger partial charge in [-0.05, 0) is 61.3 Å². The van der Waals surface area contributed by atoms with Crippen molar-refractivity contribution in [3.05, 3.63) is 59.2 Å². The molecular formula is C21H24O2. The van der Waals surface area contributed by atoms with Crippen LogP contribution in [-0.2, 0) is 16.8 Å². The third-order valence-corrected chi connectivity index (χ3v) is 5.43. The van der Waals surface area contributed by atoms with E-state index in [1.165, 1.54) is 27.8 Å². The van der Waals surface area contributed by atoms with Crippen molar-refractivity contribution in [3.8, 4) is 11.1 Å². The van der Waals surface area contributed by atoms with Crippen LogP contribution in [0.4, 0.5) is 0 Å². The first kappa shape index (κ1) is 14.9. The summed E-state index contributed by atoms with van der Waals surface area (Å²) < 4.78 is 6.36. The highest BCUT2D eigenvalue weighted by molar-refractivity contribution is 5.66. The van der Waals surface area contributed by atoms with Gasteiger partial charge in [0.05, 0.1) is 11.7 Å². The standard InChI is InChI=1S/C21H24O2/c1-15-3-5-16(6-4-15)17-7-8-20-18(13-17)14-19-9-11-21(20,23-19)10-2-12-22/h3-8,13,19,22H,2,9-12,14H2,1H3/t19-,21+/m1/s1. The molecule has 120 valence electrons. The number of rotatable bonds is 4. The maximum atomic E-state index is 9.23. The average Bonchev–Trinajstić information content (AvgIpc) is 2.91. The molecule has 0 radical (unpaired) electrons. The first-order chi connectivity index (χ1) is 11.2. The summed E-state index contributed by atoms with van der Waals surface area (Å²) in [6, 6.07) is 15.6. The molecule has 0 amide bonds. The zero-order valence-electron chi connectivity index (χ0n) is 13.7. The van der Waals surface area contributed by atoms with E-state index in [0.717, 1.165) is 32.1 Å². The minimum atomic E-state index is -0.146. The van der Waals surface area contributed by atoms with Gasteiger partial charge in [-0.3, -0.25) is 0 Å². The number of hydrogen-bond acceptors (Lipinski definition) is 2. The van der Waals surface area contributed by atoms with E-state index in [9.17, 15) is 5.11 Å². The third kappa shape index (κ3) is 2.60. The fraction of sp³-hybridized carbons (Fsp3) is 0.429. The highest BCUT2D eigenvalue weighted by Gasteiger charge is 2.46. The molecule has 2 heterocycles. The van der Waals surface area contributed by atoms with Crippen LogP contribution < -0.4 is 0 Å². The number of hydrogen-bond donors (Lipinski definition) is 1. The normalized spacial score (nSPS) is 25.4. The zero-order chi connectivity index (χ0) is 15.9. The van der Waals surface area contributed by atoms with Crippen molar-refractivity contribution in [2.45, 2.75) is 50.7 Å². The van der Waals surface area contributed by atoms with Crippen molar-refractivity contribution in [3.63, 3.8) is 0 Å². The molecule has 0 spiro atoms. The smallest absolute Gasteiger partial charge is 0.0939 e. The summed E-state index contributed by atoms with van der Waals surface area (Å²) >= 11 is 0. The predicted octanol–water partition coefficient (Wildman–Crippen LogP) is 4.36. The Morgan fingerprint density at radius 2 is 1.91 bits per heavy atom. The van der Waals surface area contributed by atoms with Crippen LogP contribution >= 0.6 is 0 Å². The van der Waals surface area contributed by atoms with E-state index in [-0.39, 0.29) is 12.2 Å². The summed E-state index contributed by atoms with van der Waals surface area (Å²) in [6.45, 7) is 2.36. The molecule has 1 fully saturated rings. The molecule has 0 aromatic heterocycles. The number of ether oxygens (including phenoxy) is 1. The molecule has 2 heteroatoms. The molecule has 4 rings (SSSR count). The predicted molar refractivity (Wildman–Crippen MR) is 92.4 cm³/mol. The lowest BCUT2D eigenvalue weighted by atomic mass is 9.82. The van der Waals surface area contributed by atoms with Crippen molar-refractivity contribution in [1.29, 1.82) is 0 Å². The molecule has 2 aromatic carbocycles. The highest BCUT2D eigenvalue weighted by Crippen LogP contribution is 2.49. The lowest BCUT2D eigenvalue weighted by Crippen LogP contribution is -2.33. The van der Waals surface area contributed by atoms with Gasteiger partial charge in [-0.1, -0.05) is 48.0 Å². The quantitative estimate of drug-likeness (QED) is 0.909. The van der Waals surface area contributed by atoms with Gasteiger partial charge in [0.1, 0.15) is 0 Å². The lowest BCUT2D eigenvalue weighted by Gasteiger charge is -2.36. The van der Waals surface area contributed by atoms with E-state index in [1.807, 2.05) is 0 Å². The summed E-state index contributed by atoms with van der Waals surface area (Å²) in [5, 5.41) is 9.23. The number of aliphatic hydroxyl groups is 1. The SMILES string of the molecule is Cc1ccc(-c2ccc3c(c2)C[C@H]2CC[C@]3(CCCO)O2)cc1. The van der Waals surface area contributed by atoms with E-state index in [1.54, 1.807) is 0 Å². The van der Waals surface area contributed by atoms with Gasteiger partial charge in [0, 0.05) is 6.61 Å². The molecule has 0 aliphatic carbocycles. The van der Waals surface area contributed by atoms with Crippen LogP contribution in [0.25, 0.3) is 11.1 Å². The molecular weight excluding hydrogens is 284 g/mol. The second-order valence-electron chi connectivity index (χ2n) is 7.04. The van der Waals surface area contributed by atoms with Crippen LogP contribution in [0.3, 0.4) is 0 Å². The summed E-state index contributed by atoms with van der Waals surface area (Å²) in [6.07, 6.45) is 5.35. The van der Waals surface area contributed by atoms with Gasteiger partial charge in [0.25, 0.3) is 0 Å². The minimum Gasteiger partial charge on any atom is -0.396 e. The Hall–Kier alpha value is -1.64. The van der Waals surface area contributed by atoms with E-state index in [2.05, 4.69) is 49.4 Å². The molecule has 2 bridgehead atoms. The number of aliphatic hydroxyl groups excluding tert-OH is 1. The topological polar surface area (TPSA) is 29.5 Å². The molecule has 0 saturated carbocycles. The fourth-order valence-corrected chi connectivity index (χ4v) is 4.23. The number of benzene rings is 2. The molecule has 2 nitrogen and oxygen atoms in total. The molecule has 1 N–H and O–H groups in total. The Balaban J connectivity index is 1.72. The van der Waals surface area contributed by atoms with Crippen molar-refractivity contribution in [1.82, 2.24) is 0 Å². The van der Waals surface area contributed by atoms with Crippen LogP contribution in [0.2, 0.25) is 0 Å². The monoisotopic (exact) mass is 308 g/mol. The summed E-state index contributed by atoms with van der Waals surface area (Å²) in [4.78, 5) is 0. The van der Waals surface area contributed by atoms with Crippen molar-refractivity contribution < 1.29 is 9.84 Å². The van der Waals surface area contributed by atoms with Gasteiger partial charge >= 0.3 is 0 Å². The van der Waals surface area contributed by atoms with Crippen LogP contribution in [0.5, 0.6) is 0 Å². The summed E-state index contributed by atoms with van der Waals surface area (Å²) in [5.41, 5.74) is 6.52. The largest absolute Gasteiger partial charge is 0.396 e. The van der Waals surface area contributed by atoms with Crippen LogP contribution in [0, 0.1) is 6.92 Å². The first-order valence-corrected chi connectivity index (χ1v) is 8.69. The Kier molecular flexibility index (Phi) is 3.74. The summed E-state index contributed by atoms with van der Waals surface area (Å²) in [7, 11) is 0. The molecule has 2 aliphatic rings. The van der Waals surface area contributed by atoms with Gasteiger partial charge in [-0.2, -0.15) is 0 Å². The average molecular weight is 308 g/mol. The third-order valence-electron chi connectivity index (χ3n) is 5.43. The molecule has 23 heavy (non-hydrogen) atoms. The fourth-order valence-electron chi connectivity index (χ4n) is 4.23. The van der Waals surface area contributed by atoms with E-state index < -0.39 is 0 Å². The minimum absolute atomic E-state index is 0.146. The second kappa shape index (κ2) is 5.77. The van der Waals surface area contributed by atoms with Crippen LogP contribution in [0.15, 0.2) is 42.5 Å². The molecule has 2 atom stereocenters. The first-order valence-electron chi connectivity index (χ1n) is 8.69. The highest BCUT2D eigenvalue weighted by atomic mass is 16.5. The van der Waals surface area contributed by atoms with Gasteiger partial charge in [-0.15, -0.1) is 0 Å². The van der Waals surface area contributed by atoms with Crippen molar-refractivity contribution in [2.24, 2.45) is 0 Å². The van der Waals surface area contributed by atoms with E-state index >= 15 is 0 Å². The van der Waals surface area contributed by atoms with Gasteiger partial charge < -0.3 is 9.84 Å². The maximum absolute atomic E-state index is 9.23. The molecule has 2 aliphatic heterocycles. The Labute approximate surface area is 138 Å². The summed E-state index contributed by atoms with van der Waals surface area (Å²) in [5.74, 6) is 0. The second-order valence-corrected chi connectivity index (χ2v) is 7.04. The molecule has 2 aromatic rings. The van der Waals surface area contributed by atoms with E-state index in [4.69, 9.17) is 4.74 Å². The van der Waals surface area contributed by atoms with Crippen LogP contribution in [0.1, 0.15) is 42.4 Å². The van der Waals surface area contributed by atoms with Gasteiger partial charge in [0.2, 0.25) is 0 Å². The van der Waals surface area contributed by atoms with Crippen molar-refractivity contribution in [2.75, 3.05) is 6.61 Å². The maximum Gasteiger partial charge on any atom is 0.0939 e. The van der Waals surface area contributed by atoms with Crippen molar-refractivity contribution >= 4 is 0 Å². The Morgan fingerprint density at radius 1 is 1.13 bits per heavy atom.